The predicted octanol–water partition coefficient (Wildman–Crippen LogP) is 3.44. The largest absolute Gasteiger partial charge is 0.368 e. The van der Waals surface area contributed by atoms with Crippen LogP contribution in [0.15, 0.2) is 18.2 Å². The van der Waals surface area contributed by atoms with Gasteiger partial charge in [-0.05, 0) is 62.4 Å². The zero-order valence-electron chi connectivity index (χ0n) is 11.0. The van der Waals surface area contributed by atoms with E-state index in [1.54, 1.807) is 0 Å². The summed E-state index contributed by atoms with van der Waals surface area (Å²) in [4.78, 5) is 2.63. The quantitative estimate of drug-likeness (QED) is 0.847. The van der Waals surface area contributed by atoms with Gasteiger partial charge in [0.15, 0.2) is 0 Å². The fourth-order valence-corrected chi connectivity index (χ4v) is 2.77. The average molecular weight is 265 g/mol. The number of hydrogen-bond acceptors (Lipinski definition) is 2. The molecule has 0 spiro atoms. The minimum Gasteiger partial charge on any atom is -0.368 e. The van der Waals surface area contributed by atoms with Crippen LogP contribution < -0.4 is 10.2 Å². The van der Waals surface area contributed by atoms with Crippen LogP contribution in [-0.2, 0) is 6.54 Å². The Bertz CT molecular complexity index is 425. The van der Waals surface area contributed by atoms with E-state index in [1.165, 1.54) is 43.5 Å². The molecule has 1 aromatic rings. The Morgan fingerprint density at radius 3 is 2.67 bits per heavy atom. The molecule has 0 aromatic heterocycles. The van der Waals surface area contributed by atoms with Gasteiger partial charge < -0.3 is 10.2 Å². The lowest BCUT2D eigenvalue weighted by atomic mass is 10.1. The molecular weight excluding hydrogens is 244 g/mol. The van der Waals surface area contributed by atoms with E-state index in [4.69, 9.17) is 11.6 Å². The van der Waals surface area contributed by atoms with Gasteiger partial charge in [0.25, 0.3) is 0 Å². The highest BCUT2D eigenvalue weighted by Crippen LogP contribution is 2.39. The van der Waals surface area contributed by atoms with E-state index in [-0.39, 0.29) is 0 Å². The van der Waals surface area contributed by atoms with Crippen molar-refractivity contribution < 1.29 is 0 Å². The van der Waals surface area contributed by atoms with Gasteiger partial charge in [-0.3, -0.25) is 0 Å². The second-order valence-corrected chi connectivity index (χ2v) is 6.07. The van der Waals surface area contributed by atoms with Gasteiger partial charge in [-0.1, -0.05) is 11.6 Å². The van der Waals surface area contributed by atoms with Crippen molar-refractivity contribution in [1.82, 2.24) is 5.32 Å². The standard InChI is InChI=1S/C15H21ClN2/c1-17-9-12-8-13(16)4-7-15(12)18(14-5-6-14)10-11-2-3-11/h4,7-8,11,14,17H,2-3,5-6,9-10H2,1H3. The summed E-state index contributed by atoms with van der Waals surface area (Å²) in [7, 11) is 1.99. The smallest absolute Gasteiger partial charge is 0.0415 e. The minimum atomic E-state index is 0.780. The molecule has 18 heavy (non-hydrogen) atoms. The Labute approximate surface area is 114 Å². The van der Waals surface area contributed by atoms with E-state index < -0.39 is 0 Å². The highest BCUT2D eigenvalue weighted by molar-refractivity contribution is 6.30. The summed E-state index contributed by atoms with van der Waals surface area (Å²) in [6.07, 6.45) is 5.54. The van der Waals surface area contributed by atoms with Gasteiger partial charge >= 0.3 is 0 Å². The third kappa shape index (κ3) is 2.81. The molecule has 2 saturated carbocycles. The Kier molecular flexibility index (Phi) is 3.49. The molecule has 2 aliphatic rings. The molecule has 2 fully saturated rings. The number of hydrogen-bond donors (Lipinski definition) is 1. The number of nitrogens with zero attached hydrogens (tertiary/aromatic N) is 1. The van der Waals surface area contributed by atoms with Crippen molar-refractivity contribution in [1.29, 1.82) is 0 Å². The van der Waals surface area contributed by atoms with Gasteiger partial charge in [0, 0.05) is 29.8 Å². The van der Waals surface area contributed by atoms with Crippen molar-refractivity contribution in [2.45, 2.75) is 38.3 Å². The molecule has 0 heterocycles. The highest BCUT2D eigenvalue weighted by Gasteiger charge is 2.34. The monoisotopic (exact) mass is 264 g/mol. The van der Waals surface area contributed by atoms with Crippen molar-refractivity contribution in [3.8, 4) is 0 Å². The number of benzene rings is 1. The zero-order valence-corrected chi connectivity index (χ0v) is 11.7. The van der Waals surface area contributed by atoms with Crippen LogP contribution in [0.5, 0.6) is 0 Å². The number of anilines is 1. The second kappa shape index (κ2) is 5.10. The third-order valence-electron chi connectivity index (χ3n) is 3.86. The lowest BCUT2D eigenvalue weighted by molar-refractivity contribution is 0.709. The van der Waals surface area contributed by atoms with E-state index in [0.717, 1.165) is 23.5 Å². The Morgan fingerprint density at radius 1 is 1.28 bits per heavy atom. The maximum atomic E-state index is 6.12. The van der Waals surface area contributed by atoms with E-state index in [0.29, 0.717) is 0 Å². The normalized spacial score (nSPS) is 19.0. The van der Waals surface area contributed by atoms with Crippen LogP contribution in [0.4, 0.5) is 5.69 Å². The lowest BCUT2D eigenvalue weighted by Crippen LogP contribution is -2.29. The first-order valence-electron chi connectivity index (χ1n) is 6.97. The van der Waals surface area contributed by atoms with E-state index >= 15 is 0 Å². The number of rotatable bonds is 6. The van der Waals surface area contributed by atoms with Crippen molar-refractivity contribution in [3.63, 3.8) is 0 Å². The van der Waals surface area contributed by atoms with Crippen LogP contribution >= 0.6 is 11.6 Å². The summed E-state index contributed by atoms with van der Waals surface area (Å²) < 4.78 is 0. The highest BCUT2D eigenvalue weighted by atomic mass is 35.5. The van der Waals surface area contributed by atoms with Gasteiger partial charge in [0.1, 0.15) is 0 Å². The summed E-state index contributed by atoms with van der Waals surface area (Å²) in [5.74, 6) is 0.934. The van der Waals surface area contributed by atoms with E-state index in [9.17, 15) is 0 Å². The van der Waals surface area contributed by atoms with Crippen LogP contribution in [0.25, 0.3) is 0 Å². The van der Waals surface area contributed by atoms with Crippen LogP contribution in [0, 0.1) is 5.92 Å². The Balaban J connectivity index is 1.86. The molecule has 1 aromatic carbocycles. The fraction of sp³-hybridized carbons (Fsp3) is 0.600. The van der Waals surface area contributed by atoms with Gasteiger partial charge in [0.2, 0.25) is 0 Å². The Morgan fingerprint density at radius 2 is 2.06 bits per heavy atom. The molecule has 0 radical (unpaired) electrons. The number of nitrogens with one attached hydrogen (secondary N) is 1. The van der Waals surface area contributed by atoms with Crippen molar-refractivity contribution in [2.75, 3.05) is 18.5 Å². The molecule has 2 aliphatic carbocycles. The molecular formula is C15H21ClN2. The van der Waals surface area contributed by atoms with Gasteiger partial charge in [-0.2, -0.15) is 0 Å². The molecule has 3 heteroatoms. The number of halogens is 1. The summed E-state index contributed by atoms with van der Waals surface area (Å²) >= 11 is 6.12. The third-order valence-corrected chi connectivity index (χ3v) is 4.09. The molecule has 1 N–H and O–H groups in total. The summed E-state index contributed by atoms with van der Waals surface area (Å²) in [5.41, 5.74) is 2.72. The summed E-state index contributed by atoms with van der Waals surface area (Å²) in [6, 6.07) is 7.12. The fourth-order valence-electron chi connectivity index (χ4n) is 2.58. The van der Waals surface area contributed by atoms with Crippen molar-refractivity contribution in [2.24, 2.45) is 5.92 Å². The average Bonchev–Trinajstić information content (AvgIpc) is 3.22. The second-order valence-electron chi connectivity index (χ2n) is 5.63. The van der Waals surface area contributed by atoms with Crippen LogP contribution in [0.2, 0.25) is 5.02 Å². The first-order chi connectivity index (χ1) is 8.78. The molecule has 0 atom stereocenters. The SMILES string of the molecule is CNCc1cc(Cl)ccc1N(CC1CC1)C1CC1. The van der Waals surface area contributed by atoms with Gasteiger partial charge in [-0.15, -0.1) is 0 Å². The van der Waals surface area contributed by atoms with E-state index in [1.807, 2.05) is 13.1 Å². The molecule has 98 valence electrons. The van der Waals surface area contributed by atoms with Crippen LogP contribution in [0.1, 0.15) is 31.2 Å². The lowest BCUT2D eigenvalue weighted by Gasteiger charge is -2.27. The molecule has 0 saturated heterocycles. The molecule has 0 bridgehead atoms. The first kappa shape index (κ1) is 12.3. The maximum absolute atomic E-state index is 6.12. The van der Waals surface area contributed by atoms with Gasteiger partial charge in [0.05, 0.1) is 0 Å². The topological polar surface area (TPSA) is 15.3 Å². The van der Waals surface area contributed by atoms with Crippen LogP contribution in [-0.4, -0.2) is 19.6 Å². The summed E-state index contributed by atoms with van der Waals surface area (Å²) in [5, 5.41) is 4.09. The molecule has 0 amide bonds. The minimum absolute atomic E-state index is 0.780. The molecule has 0 unspecified atom stereocenters. The predicted molar refractivity (Wildman–Crippen MR) is 77.3 cm³/mol. The van der Waals surface area contributed by atoms with Gasteiger partial charge in [-0.25, -0.2) is 0 Å². The van der Waals surface area contributed by atoms with Crippen molar-refractivity contribution in [3.05, 3.63) is 28.8 Å². The van der Waals surface area contributed by atoms with Crippen molar-refractivity contribution >= 4 is 17.3 Å². The molecule has 2 nitrogen and oxygen atoms in total. The molecule has 0 aliphatic heterocycles. The Hall–Kier alpha value is -0.730. The maximum Gasteiger partial charge on any atom is 0.0415 e. The zero-order chi connectivity index (χ0) is 12.5. The van der Waals surface area contributed by atoms with Crippen LogP contribution in [0.3, 0.4) is 0 Å². The van der Waals surface area contributed by atoms with E-state index in [2.05, 4.69) is 22.3 Å². The molecule has 3 rings (SSSR count). The summed E-state index contributed by atoms with van der Waals surface area (Å²) in [6.45, 7) is 2.13. The first-order valence-corrected chi connectivity index (χ1v) is 7.35.